The third-order valence-corrected chi connectivity index (χ3v) is 11.2. The molecule has 0 unspecified atom stereocenters. The molecule has 27 heavy (non-hydrogen) atoms. The predicted molar refractivity (Wildman–Crippen MR) is 119 cm³/mol. The molecule has 1 aliphatic carbocycles. The van der Waals surface area contributed by atoms with Crippen LogP contribution in [0.4, 0.5) is 0 Å². The molecule has 0 aromatic heterocycles. The van der Waals surface area contributed by atoms with Crippen molar-refractivity contribution < 1.29 is 4.43 Å². The summed E-state index contributed by atoms with van der Waals surface area (Å²) in [6.07, 6.45) is 7.18. The Morgan fingerprint density at radius 3 is 1.78 bits per heavy atom. The van der Waals surface area contributed by atoms with Crippen LogP contribution < -0.4 is 10.4 Å². The molecule has 0 aliphatic heterocycles. The quantitative estimate of drug-likeness (QED) is 0.472. The van der Waals surface area contributed by atoms with E-state index in [0.29, 0.717) is 11.8 Å². The van der Waals surface area contributed by atoms with Gasteiger partial charge in [0.2, 0.25) is 0 Å². The van der Waals surface area contributed by atoms with Crippen molar-refractivity contribution in [3.63, 3.8) is 0 Å². The SMILES string of the molecule is C=CC1CCC(CO[Si](c2ccccc2)(c2ccccc2)C(C)(C)C)CC1. The fraction of sp³-hybridized carbons (Fsp3) is 0.440. The summed E-state index contributed by atoms with van der Waals surface area (Å²) in [6, 6.07) is 21.9. The van der Waals surface area contributed by atoms with Crippen LogP contribution in [0.15, 0.2) is 73.3 Å². The second-order valence-corrected chi connectivity index (χ2v) is 13.3. The molecular formula is C25H34OSi. The van der Waals surface area contributed by atoms with E-state index in [1.807, 2.05) is 0 Å². The lowest BCUT2D eigenvalue weighted by molar-refractivity contribution is 0.186. The zero-order valence-corrected chi connectivity index (χ0v) is 18.2. The van der Waals surface area contributed by atoms with E-state index < -0.39 is 8.32 Å². The van der Waals surface area contributed by atoms with Crippen LogP contribution in [-0.2, 0) is 4.43 Å². The second-order valence-electron chi connectivity index (χ2n) is 8.99. The summed E-state index contributed by atoms with van der Waals surface area (Å²) in [6.45, 7) is 11.9. The monoisotopic (exact) mass is 378 g/mol. The zero-order valence-electron chi connectivity index (χ0n) is 17.2. The van der Waals surface area contributed by atoms with Gasteiger partial charge in [-0.3, -0.25) is 0 Å². The number of hydrogen-bond donors (Lipinski definition) is 0. The van der Waals surface area contributed by atoms with E-state index in [9.17, 15) is 0 Å². The normalized spacial score (nSPS) is 21.0. The van der Waals surface area contributed by atoms with Crippen molar-refractivity contribution in [3.05, 3.63) is 73.3 Å². The summed E-state index contributed by atoms with van der Waals surface area (Å²) in [7, 11) is -2.38. The minimum Gasteiger partial charge on any atom is -0.407 e. The van der Waals surface area contributed by atoms with Crippen molar-refractivity contribution in [3.8, 4) is 0 Å². The summed E-state index contributed by atoms with van der Waals surface area (Å²) >= 11 is 0. The third-order valence-electron chi connectivity index (χ3n) is 6.18. The molecule has 0 spiro atoms. The fourth-order valence-electron chi connectivity index (χ4n) is 4.60. The Labute approximate surface area is 166 Å². The molecule has 1 saturated carbocycles. The van der Waals surface area contributed by atoms with Gasteiger partial charge in [-0.1, -0.05) is 87.5 Å². The van der Waals surface area contributed by atoms with E-state index in [1.165, 1.54) is 36.1 Å². The Morgan fingerprint density at radius 1 is 0.889 bits per heavy atom. The highest BCUT2D eigenvalue weighted by atomic mass is 28.4. The molecule has 0 atom stereocenters. The Balaban J connectivity index is 1.93. The smallest absolute Gasteiger partial charge is 0.261 e. The molecule has 0 bridgehead atoms. The second kappa shape index (κ2) is 8.58. The van der Waals surface area contributed by atoms with Crippen molar-refractivity contribution in [2.24, 2.45) is 11.8 Å². The first-order valence-electron chi connectivity index (χ1n) is 10.3. The van der Waals surface area contributed by atoms with Crippen molar-refractivity contribution >= 4 is 18.7 Å². The number of hydrogen-bond acceptors (Lipinski definition) is 1. The number of benzene rings is 2. The van der Waals surface area contributed by atoms with Gasteiger partial charge in [0.25, 0.3) is 8.32 Å². The first-order valence-corrected chi connectivity index (χ1v) is 12.3. The molecule has 0 saturated heterocycles. The van der Waals surface area contributed by atoms with Gasteiger partial charge in [-0.05, 0) is 52.9 Å². The summed E-state index contributed by atoms with van der Waals surface area (Å²) in [4.78, 5) is 0. The van der Waals surface area contributed by atoms with E-state index in [0.717, 1.165) is 6.61 Å². The fourth-order valence-corrected chi connectivity index (χ4v) is 9.24. The van der Waals surface area contributed by atoms with Crippen molar-refractivity contribution in [1.29, 1.82) is 0 Å². The maximum Gasteiger partial charge on any atom is 0.261 e. The van der Waals surface area contributed by atoms with Gasteiger partial charge in [0.05, 0.1) is 0 Å². The highest BCUT2D eigenvalue weighted by Gasteiger charge is 2.50. The van der Waals surface area contributed by atoms with Crippen molar-refractivity contribution in [2.75, 3.05) is 6.61 Å². The van der Waals surface area contributed by atoms with E-state index >= 15 is 0 Å². The first-order chi connectivity index (χ1) is 13.0. The molecule has 0 radical (unpaired) electrons. The van der Waals surface area contributed by atoms with Gasteiger partial charge >= 0.3 is 0 Å². The molecule has 2 aromatic carbocycles. The van der Waals surface area contributed by atoms with Crippen LogP contribution in [0.1, 0.15) is 46.5 Å². The lowest BCUT2D eigenvalue weighted by Crippen LogP contribution is -2.66. The van der Waals surface area contributed by atoms with Crippen LogP contribution in [0, 0.1) is 11.8 Å². The van der Waals surface area contributed by atoms with Crippen LogP contribution in [0.3, 0.4) is 0 Å². The Hall–Kier alpha value is -1.64. The lowest BCUT2D eigenvalue weighted by atomic mass is 9.83. The Bertz CT molecular complexity index is 669. The molecule has 0 amide bonds. The summed E-state index contributed by atoms with van der Waals surface area (Å²) < 4.78 is 7.09. The lowest BCUT2D eigenvalue weighted by Gasteiger charge is -2.44. The molecule has 2 heteroatoms. The van der Waals surface area contributed by atoms with Crippen LogP contribution in [0.5, 0.6) is 0 Å². The van der Waals surface area contributed by atoms with Gasteiger partial charge in [0.1, 0.15) is 0 Å². The first kappa shape index (κ1) is 20.1. The van der Waals surface area contributed by atoms with Crippen molar-refractivity contribution in [1.82, 2.24) is 0 Å². The maximum atomic E-state index is 7.09. The molecular weight excluding hydrogens is 344 g/mol. The molecule has 1 nitrogen and oxygen atoms in total. The molecule has 1 fully saturated rings. The minimum atomic E-state index is -2.38. The highest BCUT2D eigenvalue weighted by Crippen LogP contribution is 2.38. The standard InChI is InChI=1S/C25H34OSi/c1-5-21-16-18-22(19-17-21)20-26-27(25(2,3)4,23-12-8-6-9-13-23)24-14-10-7-11-15-24/h5-15,21-22H,1,16-20H2,2-4H3. The summed E-state index contributed by atoms with van der Waals surface area (Å²) in [5.41, 5.74) is 0. The molecule has 2 aromatic rings. The van der Waals surface area contributed by atoms with Gasteiger partial charge in [0, 0.05) is 6.61 Å². The predicted octanol–water partition coefficient (Wildman–Crippen LogP) is 5.56. The van der Waals surface area contributed by atoms with E-state index in [1.54, 1.807) is 0 Å². The zero-order chi connectivity index (χ0) is 19.3. The topological polar surface area (TPSA) is 9.23 Å². The largest absolute Gasteiger partial charge is 0.407 e. The average Bonchev–Trinajstić information content (AvgIpc) is 2.69. The van der Waals surface area contributed by atoms with Crippen molar-refractivity contribution in [2.45, 2.75) is 51.5 Å². The van der Waals surface area contributed by atoms with Crippen LogP contribution >= 0.6 is 0 Å². The van der Waals surface area contributed by atoms with Gasteiger partial charge in [-0.15, -0.1) is 6.58 Å². The molecule has 0 heterocycles. The van der Waals surface area contributed by atoms with Crippen LogP contribution in [0.2, 0.25) is 5.04 Å². The van der Waals surface area contributed by atoms with Gasteiger partial charge in [-0.25, -0.2) is 0 Å². The van der Waals surface area contributed by atoms with Crippen LogP contribution in [-0.4, -0.2) is 14.9 Å². The summed E-state index contributed by atoms with van der Waals surface area (Å²) in [5.74, 6) is 1.37. The molecule has 1 aliphatic rings. The number of rotatable bonds is 6. The Kier molecular flexibility index (Phi) is 6.39. The number of allylic oxidation sites excluding steroid dienone is 1. The van der Waals surface area contributed by atoms with E-state index in [2.05, 4.69) is 94.1 Å². The molecule has 3 rings (SSSR count). The van der Waals surface area contributed by atoms with E-state index in [-0.39, 0.29) is 5.04 Å². The van der Waals surface area contributed by atoms with Gasteiger partial charge in [-0.2, -0.15) is 0 Å². The minimum absolute atomic E-state index is 0.0635. The van der Waals surface area contributed by atoms with Crippen LogP contribution in [0.25, 0.3) is 0 Å². The van der Waals surface area contributed by atoms with Gasteiger partial charge < -0.3 is 4.43 Å². The Morgan fingerprint density at radius 2 is 1.37 bits per heavy atom. The highest BCUT2D eigenvalue weighted by molar-refractivity contribution is 6.99. The average molecular weight is 379 g/mol. The molecule has 144 valence electrons. The van der Waals surface area contributed by atoms with E-state index in [4.69, 9.17) is 4.43 Å². The summed E-state index contributed by atoms with van der Waals surface area (Å²) in [5, 5.41) is 2.82. The van der Waals surface area contributed by atoms with Gasteiger partial charge in [0.15, 0.2) is 0 Å². The third kappa shape index (κ3) is 4.28. The maximum absolute atomic E-state index is 7.09. The molecule has 0 N–H and O–H groups in total.